The van der Waals surface area contributed by atoms with E-state index in [1.54, 1.807) is 42.7 Å². The van der Waals surface area contributed by atoms with Crippen molar-refractivity contribution in [2.24, 2.45) is 0 Å². The highest BCUT2D eigenvalue weighted by atomic mass is 19.3. The summed E-state index contributed by atoms with van der Waals surface area (Å²) in [4.78, 5) is 8.38. The van der Waals surface area contributed by atoms with E-state index >= 15 is 8.78 Å². The number of halogens is 2. The molecular formula is C24H21F2N7. The van der Waals surface area contributed by atoms with E-state index in [1.165, 1.54) is 22.8 Å². The molecule has 0 radical (unpaired) electrons. The van der Waals surface area contributed by atoms with Crippen LogP contribution in [0.2, 0.25) is 0 Å². The maximum absolute atomic E-state index is 15.6. The largest absolute Gasteiger partial charge is 0.317 e. The Bertz CT molecular complexity index is 1450. The Balaban J connectivity index is 1.39. The van der Waals surface area contributed by atoms with Gasteiger partial charge in [-0.1, -0.05) is 12.1 Å². The Morgan fingerprint density at radius 2 is 1.88 bits per heavy atom. The monoisotopic (exact) mass is 445 g/mol. The van der Waals surface area contributed by atoms with Crippen LogP contribution in [0.1, 0.15) is 30.1 Å². The number of hydrogen-bond donors (Lipinski definition) is 1. The zero-order chi connectivity index (χ0) is 22.4. The first-order valence-corrected chi connectivity index (χ1v) is 10.9. The molecule has 0 amide bonds. The van der Waals surface area contributed by atoms with Crippen LogP contribution in [0.15, 0.2) is 67.3 Å². The lowest BCUT2D eigenvalue weighted by atomic mass is 10.0. The maximum Gasteiger partial charge on any atom is 0.316 e. The highest BCUT2D eigenvalue weighted by Crippen LogP contribution is 2.37. The van der Waals surface area contributed by atoms with Crippen LogP contribution in [0, 0.1) is 0 Å². The van der Waals surface area contributed by atoms with Crippen molar-refractivity contribution in [3.8, 4) is 11.3 Å². The van der Waals surface area contributed by atoms with Crippen LogP contribution in [0.25, 0.3) is 27.8 Å². The summed E-state index contributed by atoms with van der Waals surface area (Å²) in [6, 6.07) is 11.8. The third kappa shape index (κ3) is 3.45. The molecule has 0 spiro atoms. The molecule has 0 aliphatic carbocycles. The quantitative estimate of drug-likeness (QED) is 0.449. The van der Waals surface area contributed by atoms with Gasteiger partial charge in [-0.05, 0) is 56.3 Å². The van der Waals surface area contributed by atoms with Gasteiger partial charge in [0.15, 0.2) is 5.65 Å². The minimum Gasteiger partial charge on any atom is -0.317 e. The number of fused-ring (bicyclic) bond motifs is 2. The van der Waals surface area contributed by atoms with Crippen LogP contribution >= 0.6 is 0 Å². The van der Waals surface area contributed by atoms with Crippen molar-refractivity contribution in [2.45, 2.75) is 24.8 Å². The lowest BCUT2D eigenvalue weighted by Crippen LogP contribution is -2.29. The lowest BCUT2D eigenvalue weighted by molar-refractivity contribution is 0.0362. The summed E-state index contributed by atoms with van der Waals surface area (Å²) >= 11 is 0. The molecule has 1 aliphatic heterocycles. The molecule has 33 heavy (non-hydrogen) atoms. The van der Waals surface area contributed by atoms with Gasteiger partial charge >= 0.3 is 5.92 Å². The zero-order valence-electron chi connectivity index (χ0n) is 17.7. The van der Waals surface area contributed by atoms with Crippen LogP contribution in [0.4, 0.5) is 8.78 Å². The van der Waals surface area contributed by atoms with E-state index in [1.807, 2.05) is 10.9 Å². The van der Waals surface area contributed by atoms with E-state index in [4.69, 9.17) is 0 Å². The van der Waals surface area contributed by atoms with Crippen molar-refractivity contribution in [1.82, 2.24) is 34.7 Å². The van der Waals surface area contributed by atoms with E-state index in [0.717, 1.165) is 31.5 Å². The summed E-state index contributed by atoms with van der Waals surface area (Å²) in [5.74, 6) is -3.28. The number of rotatable bonds is 4. The van der Waals surface area contributed by atoms with Gasteiger partial charge in [-0.2, -0.15) is 19.0 Å². The molecule has 1 N–H and O–H groups in total. The molecule has 0 saturated carbocycles. The molecular weight excluding hydrogens is 424 g/mol. The van der Waals surface area contributed by atoms with Crippen molar-refractivity contribution in [3.63, 3.8) is 0 Å². The predicted molar refractivity (Wildman–Crippen MR) is 120 cm³/mol. The minimum absolute atomic E-state index is 0.129. The fourth-order valence-electron chi connectivity index (χ4n) is 4.40. The summed E-state index contributed by atoms with van der Waals surface area (Å²) in [5, 5.41) is 13.0. The third-order valence-electron chi connectivity index (χ3n) is 6.23. The van der Waals surface area contributed by atoms with Gasteiger partial charge < -0.3 is 5.32 Å². The van der Waals surface area contributed by atoms with Crippen LogP contribution in [-0.4, -0.2) is 42.5 Å². The average molecular weight is 445 g/mol. The summed E-state index contributed by atoms with van der Waals surface area (Å²) in [6.07, 6.45) is 8.53. The summed E-state index contributed by atoms with van der Waals surface area (Å²) in [5.41, 5.74) is 1.97. The number of benzene rings is 1. The van der Waals surface area contributed by atoms with Crippen molar-refractivity contribution in [3.05, 3.63) is 78.5 Å². The summed E-state index contributed by atoms with van der Waals surface area (Å²) in [6.45, 7) is 1.92. The van der Waals surface area contributed by atoms with Crippen molar-refractivity contribution in [2.75, 3.05) is 13.1 Å². The number of nitrogens with zero attached hydrogens (tertiary/aromatic N) is 6. The summed E-state index contributed by atoms with van der Waals surface area (Å²) in [7, 11) is 0. The van der Waals surface area contributed by atoms with E-state index in [-0.39, 0.29) is 11.3 Å². The maximum atomic E-state index is 15.6. The van der Waals surface area contributed by atoms with Gasteiger partial charge in [0.1, 0.15) is 5.69 Å². The van der Waals surface area contributed by atoms with Gasteiger partial charge in [0, 0.05) is 28.9 Å². The Morgan fingerprint density at radius 1 is 1.00 bits per heavy atom. The number of nitrogens with one attached hydrogen (secondary N) is 1. The smallest absolute Gasteiger partial charge is 0.316 e. The number of pyridine rings is 1. The van der Waals surface area contributed by atoms with Crippen LogP contribution < -0.4 is 5.32 Å². The van der Waals surface area contributed by atoms with Crippen LogP contribution in [-0.2, 0) is 5.92 Å². The number of piperidine rings is 1. The minimum atomic E-state index is -3.28. The molecule has 0 unspecified atom stereocenters. The fourth-order valence-corrected chi connectivity index (χ4v) is 4.40. The molecule has 1 saturated heterocycles. The molecule has 5 aromatic rings. The first-order valence-electron chi connectivity index (χ1n) is 10.9. The zero-order valence-corrected chi connectivity index (χ0v) is 17.7. The molecule has 4 aromatic heterocycles. The van der Waals surface area contributed by atoms with E-state index in [9.17, 15) is 0 Å². The van der Waals surface area contributed by atoms with Crippen molar-refractivity contribution in [1.29, 1.82) is 0 Å². The Labute approximate surface area is 188 Å². The second-order valence-corrected chi connectivity index (χ2v) is 8.31. The predicted octanol–water partition coefficient (Wildman–Crippen LogP) is 4.21. The molecule has 5 heterocycles. The number of imidazole rings is 1. The average Bonchev–Trinajstić information content (AvgIpc) is 3.52. The van der Waals surface area contributed by atoms with Crippen molar-refractivity contribution < 1.29 is 8.78 Å². The molecule has 0 atom stereocenters. The van der Waals surface area contributed by atoms with Crippen LogP contribution in [0.5, 0.6) is 0 Å². The fraction of sp³-hybridized carbons (Fsp3) is 0.250. The van der Waals surface area contributed by atoms with Gasteiger partial charge in [0.2, 0.25) is 0 Å². The van der Waals surface area contributed by atoms with Gasteiger partial charge in [0.05, 0.1) is 29.6 Å². The molecule has 1 aliphatic rings. The van der Waals surface area contributed by atoms with E-state index in [2.05, 4.69) is 25.5 Å². The lowest BCUT2D eigenvalue weighted by Gasteiger charge is -2.22. The SMILES string of the molecule is FC(F)(c1ccc2ncccc2c1)c1cnc2ccc(-c3cnn(C4CCNCC4)c3)nn12. The Morgan fingerprint density at radius 3 is 2.76 bits per heavy atom. The summed E-state index contributed by atoms with van der Waals surface area (Å²) < 4.78 is 34.4. The van der Waals surface area contributed by atoms with E-state index < -0.39 is 5.92 Å². The Hall–Kier alpha value is -3.72. The first-order chi connectivity index (χ1) is 16.1. The molecule has 1 aromatic carbocycles. The third-order valence-corrected chi connectivity index (χ3v) is 6.23. The van der Waals surface area contributed by atoms with Gasteiger partial charge in [-0.25, -0.2) is 9.50 Å². The van der Waals surface area contributed by atoms with E-state index in [0.29, 0.717) is 28.3 Å². The molecule has 6 rings (SSSR count). The second-order valence-electron chi connectivity index (χ2n) is 8.31. The topological polar surface area (TPSA) is 72.9 Å². The molecule has 0 bridgehead atoms. The highest BCUT2D eigenvalue weighted by Gasteiger charge is 2.38. The number of hydrogen-bond acceptors (Lipinski definition) is 5. The highest BCUT2D eigenvalue weighted by molar-refractivity contribution is 5.79. The first kappa shape index (κ1) is 19.9. The van der Waals surface area contributed by atoms with Crippen LogP contribution in [0.3, 0.4) is 0 Å². The van der Waals surface area contributed by atoms with Gasteiger partial charge in [-0.15, -0.1) is 0 Å². The molecule has 166 valence electrons. The van der Waals surface area contributed by atoms with Crippen molar-refractivity contribution >= 4 is 16.6 Å². The standard InChI is InChI=1S/C24H21F2N7/c25-24(26,18-3-4-20-16(12-18)2-1-9-28-20)22-14-29-23-6-5-21(31-33(22)23)17-13-30-32(15-17)19-7-10-27-11-8-19/h1-6,9,12-15,19,27H,7-8,10-11H2. The van der Waals surface area contributed by atoms with Gasteiger partial charge in [0.25, 0.3) is 0 Å². The molecule has 9 heteroatoms. The molecule has 1 fully saturated rings. The second kappa shape index (κ2) is 7.70. The number of aromatic nitrogens is 6. The Kier molecular flexibility index (Phi) is 4.65. The normalized spacial score (nSPS) is 15.5. The van der Waals surface area contributed by atoms with Gasteiger partial charge in [-0.3, -0.25) is 9.67 Å². The number of alkyl halides is 2. The molecule has 7 nitrogen and oxygen atoms in total.